The van der Waals surface area contributed by atoms with Gasteiger partial charge in [-0.15, -0.1) is 0 Å². The maximum atomic E-state index is 4.93. The highest BCUT2D eigenvalue weighted by Gasteiger charge is 2.22. The normalized spacial score (nSPS) is 12.1. The summed E-state index contributed by atoms with van der Waals surface area (Å²) in [5, 5.41) is 5.07. The lowest BCUT2D eigenvalue weighted by molar-refractivity contribution is 1.04. The van der Waals surface area contributed by atoms with Gasteiger partial charge in [-0.2, -0.15) is 0 Å². The summed E-state index contributed by atoms with van der Waals surface area (Å²) >= 11 is 0. The fraction of sp³-hybridized carbons (Fsp3) is 0.0377. The summed E-state index contributed by atoms with van der Waals surface area (Å²) < 4.78 is 0. The molecule has 10 rings (SSSR count). The maximum absolute atomic E-state index is 4.93. The third-order valence-electron chi connectivity index (χ3n) is 11.0. The van der Waals surface area contributed by atoms with Gasteiger partial charge in [0.1, 0.15) is 0 Å². The second-order valence-corrected chi connectivity index (χ2v) is 14.3. The smallest absolute Gasteiger partial charge is 0.164 e. The Balaban J connectivity index is 0.983. The molecule has 264 valence electrons. The summed E-state index contributed by atoms with van der Waals surface area (Å²) in [4.78, 5) is 14.7. The summed E-state index contributed by atoms with van der Waals surface area (Å²) in [5.74, 6) is 1.96. The average Bonchev–Trinajstić information content (AvgIpc) is 3.60. The first kappa shape index (κ1) is 33.3. The van der Waals surface area contributed by atoms with Crippen LogP contribution in [-0.4, -0.2) is 15.0 Å². The van der Waals surface area contributed by atoms with Crippen molar-refractivity contribution in [1.82, 2.24) is 15.0 Å². The second kappa shape index (κ2) is 13.9. The molecule has 0 spiro atoms. The molecule has 0 N–H and O–H groups in total. The van der Waals surface area contributed by atoms with Crippen molar-refractivity contribution in [3.8, 4) is 78.4 Å². The number of fused-ring (bicyclic) bond motifs is 4. The minimum absolute atomic E-state index is 0.649. The van der Waals surface area contributed by atoms with Crippen LogP contribution in [0.2, 0.25) is 0 Å². The summed E-state index contributed by atoms with van der Waals surface area (Å²) in [6.45, 7) is 4.01. The van der Waals surface area contributed by atoms with Gasteiger partial charge in [0.05, 0.1) is 0 Å². The molecular weight excluding hydrogens is 679 g/mol. The van der Waals surface area contributed by atoms with E-state index < -0.39 is 0 Å². The Bertz CT molecular complexity index is 3000. The second-order valence-electron chi connectivity index (χ2n) is 14.3. The molecule has 0 atom stereocenters. The molecule has 0 unspecified atom stereocenters. The minimum atomic E-state index is 0.649. The van der Waals surface area contributed by atoms with Crippen molar-refractivity contribution in [2.45, 2.75) is 13.8 Å². The van der Waals surface area contributed by atoms with E-state index in [1.807, 2.05) is 62.4 Å². The Morgan fingerprint density at radius 2 is 0.946 bits per heavy atom. The summed E-state index contributed by atoms with van der Waals surface area (Å²) in [6.07, 6.45) is 6.08. The third kappa shape index (κ3) is 5.73. The summed E-state index contributed by atoms with van der Waals surface area (Å²) in [6, 6.07) is 61.1. The van der Waals surface area contributed by atoms with E-state index in [2.05, 4.69) is 140 Å². The Labute approximate surface area is 327 Å². The highest BCUT2D eigenvalue weighted by Crippen LogP contribution is 2.49. The summed E-state index contributed by atoms with van der Waals surface area (Å²) in [5.41, 5.74) is 15.4. The van der Waals surface area contributed by atoms with E-state index in [4.69, 9.17) is 15.0 Å². The van der Waals surface area contributed by atoms with Crippen LogP contribution in [0, 0.1) is 0 Å². The van der Waals surface area contributed by atoms with Crippen molar-refractivity contribution in [2.24, 2.45) is 0 Å². The Hall–Kier alpha value is -7.23. The molecular formula is C53H37N3. The third-order valence-corrected chi connectivity index (χ3v) is 11.0. The zero-order valence-corrected chi connectivity index (χ0v) is 31.2. The fourth-order valence-corrected chi connectivity index (χ4v) is 8.27. The molecule has 1 aliphatic carbocycles. The fourth-order valence-electron chi connectivity index (χ4n) is 8.27. The molecule has 0 amide bonds. The van der Waals surface area contributed by atoms with Crippen molar-refractivity contribution in [3.05, 3.63) is 194 Å². The van der Waals surface area contributed by atoms with Gasteiger partial charge in [0.15, 0.2) is 17.5 Å². The van der Waals surface area contributed by atoms with E-state index in [0.717, 1.165) is 22.3 Å². The SMILES string of the molecule is C/C=C\C(=C/C)c1nc(-c2ccccc2)nc(-c2ccc(-c3cccc4cc(-c5cccc(-c6ccc7c8c(cccc68)-c6ccccc6-7)c5)ccc34)cc2)n1. The van der Waals surface area contributed by atoms with E-state index in [1.54, 1.807) is 0 Å². The van der Waals surface area contributed by atoms with Crippen molar-refractivity contribution >= 4 is 27.1 Å². The molecule has 0 bridgehead atoms. The Morgan fingerprint density at radius 3 is 1.71 bits per heavy atom. The molecule has 3 nitrogen and oxygen atoms in total. The molecule has 0 saturated carbocycles. The number of aromatic nitrogens is 3. The lowest BCUT2D eigenvalue weighted by Crippen LogP contribution is -2.02. The molecule has 1 aliphatic rings. The van der Waals surface area contributed by atoms with E-state index >= 15 is 0 Å². The van der Waals surface area contributed by atoms with E-state index in [0.29, 0.717) is 17.5 Å². The monoisotopic (exact) mass is 715 g/mol. The first-order valence-electron chi connectivity index (χ1n) is 19.2. The molecule has 8 aromatic carbocycles. The lowest BCUT2D eigenvalue weighted by atomic mass is 9.91. The molecule has 56 heavy (non-hydrogen) atoms. The molecule has 1 aromatic heterocycles. The van der Waals surface area contributed by atoms with Crippen molar-refractivity contribution in [2.75, 3.05) is 0 Å². The lowest BCUT2D eigenvalue weighted by Gasteiger charge is -2.13. The standard InChI is InChI=1S/C53H37N3/c1-3-13-34(4-2)51-54-52(36-14-6-5-7-15-36)56-53(55-51)37-26-24-35(25-27-37)42-21-11-18-40-33-39(28-29-43(40)42)38-16-10-17-41(32-38)44-30-31-49-46-20-9-8-19-45(46)48-23-12-22-47(44)50(48)49/h3-33H,1-2H3/b13-3-,34-4+. The van der Waals surface area contributed by atoms with Crippen LogP contribution in [0.25, 0.3) is 106 Å². The van der Waals surface area contributed by atoms with Crippen LogP contribution in [0.5, 0.6) is 0 Å². The van der Waals surface area contributed by atoms with Crippen LogP contribution < -0.4 is 0 Å². The Kier molecular flexibility index (Phi) is 8.26. The number of hydrogen-bond donors (Lipinski definition) is 0. The van der Waals surface area contributed by atoms with Gasteiger partial charge in [-0.3, -0.25) is 0 Å². The first-order chi connectivity index (χ1) is 27.7. The van der Waals surface area contributed by atoms with Crippen LogP contribution in [0.4, 0.5) is 0 Å². The maximum Gasteiger partial charge on any atom is 0.164 e. The highest BCUT2D eigenvalue weighted by molar-refractivity contribution is 6.18. The van der Waals surface area contributed by atoms with E-state index in [9.17, 15) is 0 Å². The quantitative estimate of drug-likeness (QED) is 0.154. The Morgan fingerprint density at radius 1 is 0.393 bits per heavy atom. The molecule has 0 aliphatic heterocycles. The van der Waals surface area contributed by atoms with Gasteiger partial charge in [-0.25, -0.2) is 15.0 Å². The van der Waals surface area contributed by atoms with Gasteiger partial charge in [-0.05, 0) is 103 Å². The molecule has 0 saturated heterocycles. The first-order valence-corrected chi connectivity index (χ1v) is 19.2. The van der Waals surface area contributed by atoms with Crippen LogP contribution in [0.3, 0.4) is 0 Å². The van der Waals surface area contributed by atoms with Crippen LogP contribution in [-0.2, 0) is 0 Å². The summed E-state index contributed by atoms with van der Waals surface area (Å²) in [7, 11) is 0. The van der Waals surface area contributed by atoms with Crippen molar-refractivity contribution in [3.63, 3.8) is 0 Å². The van der Waals surface area contributed by atoms with Crippen LogP contribution in [0.1, 0.15) is 19.7 Å². The zero-order chi connectivity index (χ0) is 37.6. The van der Waals surface area contributed by atoms with Crippen LogP contribution >= 0.6 is 0 Å². The van der Waals surface area contributed by atoms with Gasteiger partial charge in [0, 0.05) is 16.7 Å². The van der Waals surface area contributed by atoms with Crippen molar-refractivity contribution in [1.29, 1.82) is 0 Å². The molecule has 0 fully saturated rings. The molecule has 9 aromatic rings. The number of allylic oxidation sites excluding steroid dienone is 4. The van der Waals surface area contributed by atoms with Gasteiger partial charge < -0.3 is 0 Å². The number of hydrogen-bond acceptors (Lipinski definition) is 3. The van der Waals surface area contributed by atoms with E-state index in [-0.39, 0.29) is 0 Å². The number of rotatable bonds is 7. The van der Waals surface area contributed by atoms with Crippen molar-refractivity contribution < 1.29 is 0 Å². The average molecular weight is 716 g/mol. The predicted molar refractivity (Wildman–Crippen MR) is 235 cm³/mol. The number of benzene rings is 8. The van der Waals surface area contributed by atoms with Gasteiger partial charge >= 0.3 is 0 Å². The predicted octanol–water partition coefficient (Wildman–Crippen LogP) is 14.1. The number of nitrogens with zero attached hydrogens (tertiary/aromatic N) is 3. The minimum Gasteiger partial charge on any atom is -0.208 e. The van der Waals surface area contributed by atoms with E-state index in [1.165, 1.54) is 71.6 Å². The van der Waals surface area contributed by atoms with Gasteiger partial charge in [0.25, 0.3) is 0 Å². The largest absolute Gasteiger partial charge is 0.208 e. The highest BCUT2D eigenvalue weighted by atomic mass is 15.0. The molecule has 3 heteroatoms. The van der Waals surface area contributed by atoms with Crippen LogP contribution in [0.15, 0.2) is 188 Å². The topological polar surface area (TPSA) is 38.7 Å². The molecule has 0 radical (unpaired) electrons. The molecule has 1 heterocycles. The van der Waals surface area contributed by atoms with Gasteiger partial charge in [-0.1, -0.05) is 176 Å². The van der Waals surface area contributed by atoms with Gasteiger partial charge in [0.2, 0.25) is 0 Å². The zero-order valence-electron chi connectivity index (χ0n) is 31.2.